The molecule has 0 fully saturated rings. The van der Waals surface area contributed by atoms with Gasteiger partial charge < -0.3 is 9.84 Å². The number of carbonyl (C=O) groups is 1. The Morgan fingerprint density at radius 2 is 1.77 bits per heavy atom. The van der Waals surface area contributed by atoms with Crippen LogP contribution in [0.25, 0.3) is 11.3 Å². The molecule has 2 aromatic carbocycles. The summed E-state index contributed by atoms with van der Waals surface area (Å²) in [5.74, 6) is 0.147. The number of nitrogens with one attached hydrogen (secondary N) is 1. The van der Waals surface area contributed by atoms with Crippen molar-refractivity contribution in [2.45, 2.75) is 6.92 Å². The van der Waals surface area contributed by atoms with Crippen LogP contribution in [0.5, 0.6) is 0 Å². The van der Waals surface area contributed by atoms with Crippen molar-refractivity contribution in [1.82, 2.24) is 5.16 Å². The third kappa shape index (κ3) is 2.73. The Labute approximate surface area is 132 Å². The van der Waals surface area contributed by atoms with Crippen LogP contribution in [0, 0.1) is 6.92 Å². The molecule has 0 aliphatic rings. The minimum atomic E-state index is -0.300. The highest BCUT2D eigenvalue weighted by Gasteiger charge is 2.22. The van der Waals surface area contributed by atoms with E-state index in [1.165, 1.54) is 0 Å². The van der Waals surface area contributed by atoms with Crippen molar-refractivity contribution in [3.8, 4) is 11.3 Å². The average molecular weight is 313 g/mol. The Kier molecular flexibility index (Phi) is 3.94. The summed E-state index contributed by atoms with van der Waals surface area (Å²) < 4.78 is 5.33. The summed E-state index contributed by atoms with van der Waals surface area (Å²) >= 11 is 6.07. The summed E-state index contributed by atoms with van der Waals surface area (Å²) in [6.45, 7) is 1.73. The topological polar surface area (TPSA) is 55.1 Å². The van der Waals surface area contributed by atoms with E-state index >= 15 is 0 Å². The number of anilines is 1. The van der Waals surface area contributed by atoms with Gasteiger partial charge in [0.25, 0.3) is 5.91 Å². The SMILES string of the molecule is Cc1noc(-c2ccccc2)c1C(=O)Nc1ccccc1Cl. The molecule has 0 aliphatic carbocycles. The van der Waals surface area contributed by atoms with E-state index in [1.54, 1.807) is 31.2 Å². The zero-order valence-electron chi connectivity index (χ0n) is 11.8. The van der Waals surface area contributed by atoms with Gasteiger partial charge in [-0.3, -0.25) is 4.79 Å². The summed E-state index contributed by atoms with van der Waals surface area (Å²) in [5.41, 5.74) is 2.29. The van der Waals surface area contributed by atoms with Gasteiger partial charge in [-0.15, -0.1) is 0 Å². The maximum absolute atomic E-state index is 12.6. The fourth-order valence-electron chi connectivity index (χ4n) is 2.17. The Bertz CT molecular complexity index is 813. The van der Waals surface area contributed by atoms with E-state index < -0.39 is 0 Å². The molecule has 0 saturated carbocycles. The third-order valence-corrected chi connectivity index (χ3v) is 3.58. The van der Waals surface area contributed by atoms with Crippen LogP contribution in [0.2, 0.25) is 5.02 Å². The van der Waals surface area contributed by atoms with Gasteiger partial charge in [-0.1, -0.05) is 59.2 Å². The molecule has 0 unspecified atom stereocenters. The predicted octanol–water partition coefficient (Wildman–Crippen LogP) is 4.56. The molecule has 0 saturated heterocycles. The van der Waals surface area contributed by atoms with Crippen LogP contribution in [0.15, 0.2) is 59.1 Å². The van der Waals surface area contributed by atoms with E-state index in [2.05, 4.69) is 10.5 Å². The summed E-state index contributed by atoms with van der Waals surface area (Å²) in [4.78, 5) is 12.6. The molecule has 0 atom stereocenters. The quantitative estimate of drug-likeness (QED) is 0.771. The fourth-order valence-corrected chi connectivity index (χ4v) is 2.35. The number of nitrogens with zero attached hydrogens (tertiary/aromatic N) is 1. The first-order valence-corrected chi connectivity index (χ1v) is 7.12. The third-order valence-electron chi connectivity index (χ3n) is 3.25. The number of aryl methyl sites for hydroxylation is 1. The maximum Gasteiger partial charge on any atom is 0.261 e. The van der Waals surface area contributed by atoms with Gasteiger partial charge >= 0.3 is 0 Å². The maximum atomic E-state index is 12.6. The molecule has 1 aromatic heterocycles. The summed E-state index contributed by atoms with van der Waals surface area (Å²) in [6, 6.07) is 16.5. The highest BCUT2D eigenvalue weighted by Crippen LogP contribution is 2.28. The molecule has 1 heterocycles. The fraction of sp³-hybridized carbons (Fsp3) is 0.0588. The molecule has 0 spiro atoms. The first-order chi connectivity index (χ1) is 10.7. The summed E-state index contributed by atoms with van der Waals surface area (Å²) in [7, 11) is 0. The highest BCUT2D eigenvalue weighted by atomic mass is 35.5. The zero-order chi connectivity index (χ0) is 15.5. The minimum absolute atomic E-state index is 0.300. The number of amides is 1. The number of aromatic nitrogens is 1. The Morgan fingerprint density at radius 1 is 1.09 bits per heavy atom. The van der Waals surface area contributed by atoms with E-state index in [0.29, 0.717) is 27.7 Å². The summed E-state index contributed by atoms with van der Waals surface area (Å²) in [5, 5.41) is 7.18. The van der Waals surface area contributed by atoms with Gasteiger partial charge in [-0.05, 0) is 19.1 Å². The number of hydrogen-bond donors (Lipinski definition) is 1. The van der Waals surface area contributed by atoms with Gasteiger partial charge in [0.1, 0.15) is 5.56 Å². The monoisotopic (exact) mass is 312 g/mol. The first kappa shape index (κ1) is 14.4. The largest absolute Gasteiger partial charge is 0.355 e. The number of para-hydroxylation sites is 1. The van der Waals surface area contributed by atoms with Crippen LogP contribution in [0.4, 0.5) is 5.69 Å². The predicted molar refractivity (Wildman–Crippen MR) is 86.1 cm³/mol. The lowest BCUT2D eigenvalue weighted by atomic mass is 10.1. The van der Waals surface area contributed by atoms with Crippen molar-refractivity contribution in [2.24, 2.45) is 0 Å². The molecule has 5 heteroatoms. The Hall–Kier alpha value is -2.59. The molecule has 22 heavy (non-hydrogen) atoms. The number of hydrogen-bond acceptors (Lipinski definition) is 3. The molecular weight excluding hydrogens is 300 g/mol. The van der Waals surface area contributed by atoms with E-state index in [-0.39, 0.29) is 5.91 Å². The van der Waals surface area contributed by atoms with Gasteiger partial charge in [-0.25, -0.2) is 0 Å². The molecule has 4 nitrogen and oxygen atoms in total. The Balaban J connectivity index is 1.97. The molecule has 1 N–H and O–H groups in total. The Morgan fingerprint density at radius 3 is 2.50 bits per heavy atom. The second kappa shape index (κ2) is 6.03. The smallest absolute Gasteiger partial charge is 0.261 e. The van der Waals surface area contributed by atoms with Gasteiger partial charge in [0.2, 0.25) is 0 Å². The van der Waals surface area contributed by atoms with Crippen LogP contribution in [0.3, 0.4) is 0 Å². The second-order valence-corrected chi connectivity index (χ2v) is 5.18. The molecule has 3 rings (SSSR count). The van der Waals surface area contributed by atoms with Crippen LogP contribution < -0.4 is 5.32 Å². The first-order valence-electron chi connectivity index (χ1n) is 6.74. The van der Waals surface area contributed by atoms with Crippen LogP contribution >= 0.6 is 11.6 Å². The second-order valence-electron chi connectivity index (χ2n) is 4.77. The van der Waals surface area contributed by atoms with Crippen LogP contribution in [-0.4, -0.2) is 11.1 Å². The van der Waals surface area contributed by atoms with Gasteiger partial charge in [0.15, 0.2) is 5.76 Å². The van der Waals surface area contributed by atoms with E-state index in [0.717, 1.165) is 5.56 Å². The standard InChI is InChI=1S/C17H13ClN2O2/c1-11-15(16(22-20-11)12-7-3-2-4-8-12)17(21)19-14-10-6-5-9-13(14)18/h2-10H,1H3,(H,19,21). The molecule has 1 amide bonds. The van der Waals surface area contributed by atoms with Gasteiger partial charge in [0, 0.05) is 5.56 Å². The molecule has 3 aromatic rings. The molecule has 0 radical (unpaired) electrons. The molecule has 0 bridgehead atoms. The zero-order valence-corrected chi connectivity index (χ0v) is 12.6. The van der Waals surface area contributed by atoms with Crippen molar-refractivity contribution in [3.05, 3.63) is 70.9 Å². The minimum Gasteiger partial charge on any atom is -0.355 e. The normalized spacial score (nSPS) is 10.5. The van der Waals surface area contributed by atoms with Crippen molar-refractivity contribution in [1.29, 1.82) is 0 Å². The van der Waals surface area contributed by atoms with Crippen molar-refractivity contribution in [2.75, 3.05) is 5.32 Å². The van der Waals surface area contributed by atoms with Crippen molar-refractivity contribution >= 4 is 23.2 Å². The van der Waals surface area contributed by atoms with Crippen LogP contribution in [-0.2, 0) is 0 Å². The van der Waals surface area contributed by atoms with Crippen molar-refractivity contribution < 1.29 is 9.32 Å². The molecular formula is C17H13ClN2O2. The highest BCUT2D eigenvalue weighted by molar-refractivity contribution is 6.34. The average Bonchev–Trinajstić information content (AvgIpc) is 2.92. The van der Waals surface area contributed by atoms with E-state index in [9.17, 15) is 4.79 Å². The number of benzene rings is 2. The van der Waals surface area contributed by atoms with E-state index in [1.807, 2.05) is 30.3 Å². The number of carbonyl (C=O) groups excluding carboxylic acids is 1. The number of rotatable bonds is 3. The summed E-state index contributed by atoms with van der Waals surface area (Å²) in [6.07, 6.45) is 0. The van der Waals surface area contributed by atoms with Crippen LogP contribution in [0.1, 0.15) is 16.1 Å². The lowest BCUT2D eigenvalue weighted by molar-refractivity contribution is 0.102. The lowest BCUT2D eigenvalue weighted by Crippen LogP contribution is -2.13. The molecule has 110 valence electrons. The lowest BCUT2D eigenvalue weighted by Gasteiger charge is -2.07. The number of halogens is 1. The van der Waals surface area contributed by atoms with Crippen molar-refractivity contribution in [3.63, 3.8) is 0 Å². The molecule has 0 aliphatic heterocycles. The van der Waals surface area contributed by atoms with Gasteiger partial charge in [-0.2, -0.15) is 0 Å². The van der Waals surface area contributed by atoms with E-state index in [4.69, 9.17) is 16.1 Å². The van der Waals surface area contributed by atoms with Gasteiger partial charge in [0.05, 0.1) is 16.4 Å².